The summed E-state index contributed by atoms with van der Waals surface area (Å²) in [6.45, 7) is -1.37. The first kappa shape index (κ1) is 39.4. The van der Waals surface area contributed by atoms with Gasteiger partial charge in [-0.2, -0.15) is 0 Å². The van der Waals surface area contributed by atoms with Gasteiger partial charge in [-0.25, -0.2) is 0 Å². The van der Waals surface area contributed by atoms with Crippen molar-refractivity contribution in [3.8, 4) is 84.3 Å². The molecule has 18 aromatic rings. The average molecular weight is 1460 g/mol. The van der Waals surface area contributed by atoms with Gasteiger partial charge in [-0.15, -0.1) is 0 Å². The van der Waals surface area contributed by atoms with E-state index in [-0.39, 0.29) is 143 Å². The molecule has 0 unspecified atom stereocenters. The van der Waals surface area contributed by atoms with Crippen molar-refractivity contribution in [2.75, 3.05) is 9.80 Å². The van der Waals surface area contributed by atoms with E-state index in [4.69, 9.17) is 54.7 Å². The molecular weight excluding hydrogens is 1360 g/mol. The van der Waals surface area contributed by atoms with Crippen molar-refractivity contribution in [3.05, 3.63) is 400 Å². The second-order valence-electron chi connectivity index (χ2n) is 26.8. The molecule has 516 valence electrons. The third-order valence-corrected chi connectivity index (χ3v) is 22.2. The molecule has 24 rings (SSSR count). The second kappa shape index (κ2) is 26.6. The topological polar surface area (TPSA) is 29.9 Å². The van der Waals surface area contributed by atoms with Gasteiger partial charge in [-0.3, -0.25) is 0 Å². The SMILES string of the molecule is [2H]c1c([2H])c([2H])c(-c2cc3c4c(c2)-c2cc(N(c5ccccc5)c5ccccc5)ccc2B4c2c([2H])c([2H])c([2H])c([2H])c2O3)c([2H])c1[2H].[2H]c1c([2H])c([2H])c(-c2ccc3c(c2)Sc2cccc4c2B3c2cc3c5ccccc5n(-c5c([2H])c([2H])c([2H])c([2H])c5[2H])c3cc2-4)c([2H])c1[2H].[2H]c1c([2H])c([2H])c(N(c2ccc3c(c2)Oc2cccc4c2B3c2c([2H])c([2H])c([2H])c([2H])c2-4)c2c([2H])c([2H])c([2H])c([2H])c2[2H])c([2H])c1[2H]. The van der Waals surface area contributed by atoms with Crippen molar-refractivity contribution in [3.63, 3.8) is 0 Å². The molecule has 0 spiro atoms. The Bertz CT molecular complexity index is 8610. The predicted octanol–water partition coefficient (Wildman–Crippen LogP) is 20.6. The Hall–Kier alpha value is -13.7. The van der Waals surface area contributed by atoms with Gasteiger partial charge >= 0.3 is 0 Å². The fourth-order valence-electron chi connectivity index (χ4n) is 16.5. The summed E-state index contributed by atoms with van der Waals surface area (Å²) >= 11 is 1.59. The van der Waals surface area contributed by atoms with Gasteiger partial charge in [0.1, 0.15) is 23.0 Å². The van der Waals surface area contributed by atoms with Gasteiger partial charge < -0.3 is 23.8 Å². The molecule has 6 aliphatic heterocycles. The highest BCUT2D eigenvalue weighted by atomic mass is 32.2. The Balaban J connectivity index is 0.000000123. The molecule has 0 bridgehead atoms. The van der Waals surface area contributed by atoms with Gasteiger partial charge in [0.05, 0.1) is 56.3 Å². The number of fused-ring (bicyclic) bond motifs is 18. The van der Waals surface area contributed by atoms with E-state index in [1.54, 1.807) is 52.7 Å². The normalized spacial score (nSPS) is 16.7. The van der Waals surface area contributed by atoms with E-state index >= 15 is 0 Å². The quantitative estimate of drug-likeness (QED) is 0.134. The van der Waals surface area contributed by atoms with E-state index in [1.807, 2.05) is 127 Å². The average Bonchev–Trinajstić information content (AvgIpc) is 1.56. The molecule has 5 nitrogen and oxygen atoms in total. The van der Waals surface area contributed by atoms with Gasteiger partial charge in [0.25, 0.3) is 13.4 Å². The lowest BCUT2D eigenvalue weighted by Crippen LogP contribution is -2.52. The van der Waals surface area contributed by atoms with E-state index in [0.29, 0.717) is 66.6 Å². The molecule has 111 heavy (non-hydrogen) atoms. The van der Waals surface area contributed by atoms with E-state index in [0.717, 1.165) is 92.1 Å². The number of rotatable bonds is 9. The molecule has 0 amide bonds. The first-order chi connectivity index (χ1) is 68.7. The second-order valence-corrected chi connectivity index (χ2v) is 27.9. The summed E-state index contributed by atoms with van der Waals surface area (Å²) in [5, 5.41) is 1.79. The highest BCUT2D eigenvalue weighted by Crippen LogP contribution is 2.46. The van der Waals surface area contributed by atoms with Crippen LogP contribution in [0.1, 0.15) is 45.2 Å². The first-order valence-electron chi connectivity index (χ1n) is 52.0. The van der Waals surface area contributed by atoms with Crippen LogP contribution in [0.3, 0.4) is 0 Å². The van der Waals surface area contributed by atoms with Gasteiger partial charge in [-0.05, 0) is 210 Å². The number of anilines is 6. The molecule has 0 saturated heterocycles. The summed E-state index contributed by atoms with van der Waals surface area (Å²) in [5.41, 5.74) is 15.6. The zero-order chi connectivity index (χ0) is 102. The molecule has 0 radical (unpaired) electrons. The molecule has 0 atom stereocenters. The van der Waals surface area contributed by atoms with Crippen molar-refractivity contribution in [1.82, 2.24) is 4.57 Å². The Kier molecular flexibility index (Phi) is 9.44. The standard InChI is InChI=1S/C36H24BNO.C36H22BNS.C30H20BNO/c1-4-12-25(13-5-1)26-22-31-30-24-29(38(27-14-6-2-7-15-27)28-16-8-3-9-17-28)20-21-32(30)37-33-18-10-11-19-34(33)39-35(23-26)36(31)37;1-3-10-23(11-4-1)24-18-19-30-35(20-24)39-34-17-9-15-27-28-22-33-29(21-31(28)37(30)36(27)34)26-14-7-8-16-32(26)38(33)25-12-5-2-6-13-25;1-3-10-21(11-4-1)32(22-12-5-2-6-13-22)23-18-19-27-29(20-23)33-28-17-9-15-25-24-14-7-8-16-26(24)31(27)30(25)28/h1-24H;1-22H;1-20H/i1D,4D,5D,10D,11D,12D,13D,18D,19D;1D,2D,3D,4D,5D,6D,10D,11D,12D,13D;1D,2D,3D,4D,5D,6D,7D,8D,10D,11D,12D,13D,14D,16D. The summed E-state index contributed by atoms with van der Waals surface area (Å²) in [4.78, 5) is 5.15. The molecule has 0 fully saturated rings. The number of hydrogen-bond acceptors (Lipinski definition) is 5. The summed E-state index contributed by atoms with van der Waals surface area (Å²) in [5.74, 6) is 0.886. The number of nitrogens with zero attached hydrogens (tertiary/aromatic N) is 3. The molecule has 0 N–H and O–H groups in total. The van der Waals surface area contributed by atoms with Crippen LogP contribution in [-0.4, -0.2) is 24.7 Å². The Labute approximate surface area is 697 Å². The van der Waals surface area contributed by atoms with Gasteiger partial charge in [-0.1, -0.05) is 300 Å². The maximum Gasteiger partial charge on any atom is 0.252 e. The minimum Gasteiger partial charge on any atom is -0.458 e. The van der Waals surface area contributed by atoms with Crippen LogP contribution in [0.5, 0.6) is 23.0 Å². The zero-order valence-corrected chi connectivity index (χ0v) is 58.7. The Morgan fingerprint density at radius 2 is 0.811 bits per heavy atom. The number of ether oxygens (including phenoxy) is 2. The molecule has 0 aliphatic carbocycles. The predicted molar refractivity (Wildman–Crippen MR) is 468 cm³/mol. The highest BCUT2D eigenvalue weighted by molar-refractivity contribution is 8.00. The van der Waals surface area contributed by atoms with Crippen LogP contribution in [0.15, 0.2) is 409 Å². The Morgan fingerprint density at radius 1 is 0.261 bits per heavy atom. The van der Waals surface area contributed by atoms with Crippen LogP contribution in [-0.2, 0) is 0 Å². The third kappa shape index (κ3) is 10.7. The van der Waals surface area contributed by atoms with Crippen LogP contribution < -0.4 is 68.4 Å². The highest BCUT2D eigenvalue weighted by Gasteiger charge is 2.44. The molecule has 0 saturated carbocycles. The largest absolute Gasteiger partial charge is 0.458 e. The van der Waals surface area contributed by atoms with Crippen LogP contribution in [0.4, 0.5) is 34.1 Å². The molecule has 7 heterocycles. The molecule has 9 heteroatoms. The first-order valence-corrected chi connectivity index (χ1v) is 36.3. The monoisotopic (exact) mass is 1460 g/mol. The van der Waals surface area contributed by atoms with Crippen molar-refractivity contribution < 1.29 is 54.7 Å². The number of hydrogen-bond donors (Lipinski definition) is 0. The smallest absolute Gasteiger partial charge is 0.252 e. The van der Waals surface area contributed by atoms with Gasteiger partial charge in [0.2, 0.25) is 6.71 Å². The van der Waals surface area contributed by atoms with E-state index in [9.17, 15) is 0 Å². The fraction of sp³-hybridized carbons (Fsp3) is 0. The minimum atomic E-state index is -0.689. The van der Waals surface area contributed by atoms with Crippen LogP contribution >= 0.6 is 11.8 Å². The molecule has 6 aliphatic rings. The summed E-state index contributed by atoms with van der Waals surface area (Å²) in [6.07, 6.45) is 0. The van der Waals surface area contributed by atoms with Crippen molar-refractivity contribution in [1.29, 1.82) is 0 Å². The van der Waals surface area contributed by atoms with Crippen molar-refractivity contribution in [2.45, 2.75) is 9.79 Å². The maximum atomic E-state index is 8.90. The number of aromatic nitrogens is 1. The summed E-state index contributed by atoms with van der Waals surface area (Å²) in [7, 11) is 0. The van der Waals surface area contributed by atoms with Gasteiger partial charge in [0.15, 0.2) is 0 Å². The van der Waals surface area contributed by atoms with Crippen LogP contribution in [0.2, 0.25) is 0 Å². The molecular formula is C102H66B3N3O2S. The van der Waals surface area contributed by atoms with Crippen LogP contribution in [0, 0.1) is 0 Å². The lowest BCUT2D eigenvalue weighted by Gasteiger charge is -2.29. The van der Waals surface area contributed by atoms with Crippen LogP contribution in [0.25, 0.3) is 83.1 Å². The van der Waals surface area contributed by atoms with E-state index in [2.05, 4.69) is 29.2 Å². The maximum absolute atomic E-state index is 8.90. The van der Waals surface area contributed by atoms with Gasteiger partial charge in [0, 0.05) is 66.4 Å². The van der Waals surface area contributed by atoms with E-state index in [1.165, 1.54) is 12.1 Å². The van der Waals surface area contributed by atoms with E-state index < -0.39 is 121 Å². The molecule has 17 aromatic carbocycles. The van der Waals surface area contributed by atoms with Crippen molar-refractivity contribution >= 4 is 137 Å². The van der Waals surface area contributed by atoms with Crippen molar-refractivity contribution in [2.24, 2.45) is 0 Å². The number of para-hydroxylation sites is 7. The minimum absolute atomic E-state index is 0.00906. The fourth-order valence-corrected chi connectivity index (χ4v) is 17.7. The zero-order valence-electron chi connectivity index (χ0n) is 90.9. The lowest BCUT2D eigenvalue weighted by atomic mass is 9.38. The molecule has 1 aromatic heterocycles. The summed E-state index contributed by atoms with van der Waals surface area (Å²) in [6, 6.07) is 48.1. The lowest BCUT2D eigenvalue weighted by molar-refractivity contribution is 0.488. The third-order valence-electron chi connectivity index (χ3n) is 21.0. The Morgan fingerprint density at radius 3 is 1.54 bits per heavy atom. The number of benzene rings is 17. The summed E-state index contributed by atoms with van der Waals surface area (Å²) < 4.78 is 293.